The number of aliphatic imine (C=N–C) groups is 1. The first-order chi connectivity index (χ1) is 13.3. The summed E-state index contributed by atoms with van der Waals surface area (Å²) in [4.78, 5) is 7.40. The molecule has 0 aliphatic carbocycles. The minimum atomic E-state index is 0.711. The van der Waals surface area contributed by atoms with Gasteiger partial charge in [0.25, 0.3) is 0 Å². The van der Waals surface area contributed by atoms with Crippen molar-refractivity contribution in [3.05, 3.63) is 59.9 Å². The Kier molecular flexibility index (Phi) is 7.78. The molecular formula is C22H33N5. The Morgan fingerprint density at radius 1 is 0.963 bits per heavy atom. The fraction of sp³-hybridized carbons (Fsp3) is 0.500. The fourth-order valence-corrected chi connectivity index (χ4v) is 3.55. The van der Waals surface area contributed by atoms with Gasteiger partial charge in [-0.3, -0.25) is 4.90 Å². The number of hydrogen-bond donors (Lipinski definition) is 2. The Morgan fingerprint density at radius 3 is 2.44 bits per heavy atom. The smallest absolute Gasteiger partial charge is 0.191 e. The number of nitrogens with one attached hydrogen (secondary N) is 2. The lowest BCUT2D eigenvalue weighted by atomic mass is 10.1. The van der Waals surface area contributed by atoms with E-state index < -0.39 is 0 Å². The molecule has 1 saturated heterocycles. The summed E-state index contributed by atoms with van der Waals surface area (Å²) < 4.78 is 2.17. The van der Waals surface area contributed by atoms with Crippen LogP contribution in [-0.4, -0.2) is 41.6 Å². The molecule has 0 spiro atoms. The van der Waals surface area contributed by atoms with E-state index >= 15 is 0 Å². The molecule has 2 heterocycles. The summed E-state index contributed by atoms with van der Waals surface area (Å²) >= 11 is 0. The van der Waals surface area contributed by atoms with E-state index in [0.29, 0.717) is 6.54 Å². The van der Waals surface area contributed by atoms with E-state index in [9.17, 15) is 0 Å². The Labute approximate surface area is 163 Å². The van der Waals surface area contributed by atoms with Crippen LogP contribution in [0.2, 0.25) is 0 Å². The van der Waals surface area contributed by atoms with Gasteiger partial charge in [-0.2, -0.15) is 0 Å². The molecule has 0 saturated carbocycles. The number of nitrogens with zero attached hydrogens (tertiary/aromatic N) is 3. The average molecular weight is 368 g/mol. The summed E-state index contributed by atoms with van der Waals surface area (Å²) in [6.07, 6.45) is 8.21. The van der Waals surface area contributed by atoms with Crippen molar-refractivity contribution in [3.63, 3.8) is 0 Å². The zero-order valence-electron chi connectivity index (χ0n) is 16.5. The minimum absolute atomic E-state index is 0.711. The lowest BCUT2D eigenvalue weighted by molar-refractivity contribution is 0.220. The molecule has 2 N–H and O–H groups in total. The molecule has 0 unspecified atom stereocenters. The topological polar surface area (TPSA) is 44.6 Å². The largest absolute Gasteiger partial charge is 0.357 e. The highest BCUT2D eigenvalue weighted by Crippen LogP contribution is 2.16. The minimum Gasteiger partial charge on any atom is -0.357 e. The fourth-order valence-electron chi connectivity index (χ4n) is 3.55. The highest BCUT2D eigenvalue weighted by atomic mass is 15.2. The third-order valence-electron chi connectivity index (χ3n) is 5.04. The molecule has 5 nitrogen and oxygen atoms in total. The molecule has 2 aromatic rings. The predicted octanol–water partition coefficient (Wildman–Crippen LogP) is 3.23. The SMILES string of the molecule is CCNC(=NCc1ccccc1CN1CCCCC1)NCCn1cccc1. The molecule has 5 heteroatoms. The van der Waals surface area contributed by atoms with Crippen LogP contribution in [0.15, 0.2) is 53.8 Å². The van der Waals surface area contributed by atoms with Crippen LogP contribution in [0, 0.1) is 0 Å². The number of benzene rings is 1. The first-order valence-corrected chi connectivity index (χ1v) is 10.3. The molecule has 1 aliphatic heterocycles. The van der Waals surface area contributed by atoms with Crippen molar-refractivity contribution in [2.45, 2.75) is 45.8 Å². The Morgan fingerprint density at radius 2 is 1.70 bits per heavy atom. The third-order valence-corrected chi connectivity index (χ3v) is 5.04. The van der Waals surface area contributed by atoms with Gasteiger partial charge in [0.15, 0.2) is 5.96 Å². The number of rotatable bonds is 8. The van der Waals surface area contributed by atoms with Gasteiger partial charge in [0.1, 0.15) is 0 Å². The van der Waals surface area contributed by atoms with Crippen molar-refractivity contribution in [2.75, 3.05) is 26.2 Å². The van der Waals surface area contributed by atoms with E-state index in [1.165, 1.54) is 43.5 Å². The molecule has 0 radical (unpaired) electrons. The van der Waals surface area contributed by atoms with Crippen LogP contribution in [0.25, 0.3) is 0 Å². The maximum Gasteiger partial charge on any atom is 0.191 e. The van der Waals surface area contributed by atoms with Crippen LogP contribution in [0.4, 0.5) is 0 Å². The maximum atomic E-state index is 4.82. The Bertz CT molecular complexity index is 686. The molecule has 0 bridgehead atoms. The van der Waals surface area contributed by atoms with Crippen molar-refractivity contribution in [1.29, 1.82) is 0 Å². The normalized spacial score (nSPS) is 15.7. The maximum absolute atomic E-state index is 4.82. The predicted molar refractivity (Wildman–Crippen MR) is 113 cm³/mol. The van der Waals surface area contributed by atoms with Gasteiger partial charge in [-0.1, -0.05) is 30.7 Å². The molecule has 1 aliphatic rings. The van der Waals surface area contributed by atoms with E-state index in [-0.39, 0.29) is 0 Å². The average Bonchev–Trinajstić information content (AvgIpc) is 3.21. The van der Waals surface area contributed by atoms with Crippen LogP contribution in [-0.2, 0) is 19.6 Å². The second-order valence-electron chi connectivity index (χ2n) is 7.15. The summed E-state index contributed by atoms with van der Waals surface area (Å²) in [6.45, 7) is 8.96. The van der Waals surface area contributed by atoms with Gasteiger partial charge in [0.05, 0.1) is 6.54 Å². The van der Waals surface area contributed by atoms with E-state index in [2.05, 4.69) is 75.8 Å². The van der Waals surface area contributed by atoms with Gasteiger partial charge in [-0.25, -0.2) is 4.99 Å². The molecule has 0 amide bonds. The van der Waals surface area contributed by atoms with Crippen molar-refractivity contribution < 1.29 is 0 Å². The molecule has 1 fully saturated rings. The molecule has 1 aromatic heterocycles. The zero-order chi connectivity index (χ0) is 18.7. The van der Waals surface area contributed by atoms with Crippen LogP contribution in [0.1, 0.15) is 37.3 Å². The Hall–Kier alpha value is -2.27. The van der Waals surface area contributed by atoms with Crippen LogP contribution >= 0.6 is 0 Å². The van der Waals surface area contributed by atoms with Gasteiger partial charge in [0.2, 0.25) is 0 Å². The quantitative estimate of drug-likeness (QED) is 0.556. The number of likely N-dealkylation sites (tertiary alicyclic amines) is 1. The summed E-state index contributed by atoms with van der Waals surface area (Å²) in [6, 6.07) is 12.8. The van der Waals surface area contributed by atoms with Crippen molar-refractivity contribution >= 4 is 5.96 Å². The van der Waals surface area contributed by atoms with Crippen molar-refractivity contribution in [1.82, 2.24) is 20.1 Å². The zero-order valence-corrected chi connectivity index (χ0v) is 16.5. The van der Waals surface area contributed by atoms with E-state index in [0.717, 1.165) is 32.1 Å². The number of aromatic nitrogens is 1. The monoisotopic (exact) mass is 367 g/mol. The molecule has 3 rings (SSSR count). The first-order valence-electron chi connectivity index (χ1n) is 10.3. The van der Waals surface area contributed by atoms with Gasteiger partial charge >= 0.3 is 0 Å². The highest BCUT2D eigenvalue weighted by molar-refractivity contribution is 5.79. The molecule has 27 heavy (non-hydrogen) atoms. The molecule has 146 valence electrons. The summed E-state index contributed by atoms with van der Waals surface area (Å²) in [5, 5.41) is 6.79. The molecule has 1 aromatic carbocycles. The molecule has 0 atom stereocenters. The summed E-state index contributed by atoms with van der Waals surface area (Å²) in [5.74, 6) is 0.887. The lowest BCUT2D eigenvalue weighted by Gasteiger charge is -2.27. The number of hydrogen-bond acceptors (Lipinski definition) is 2. The Balaban J connectivity index is 1.57. The van der Waals surface area contributed by atoms with Gasteiger partial charge in [-0.15, -0.1) is 0 Å². The molecular weight excluding hydrogens is 334 g/mol. The van der Waals surface area contributed by atoms with Crippen LogP contribution in [0.5, 0.6) is 0 Å². The highest BCUT2D eigenvalue weighted by Gasteiger charge is 2.12. The van der Waals surface area contributed by atoms with Crippen LogP contribution in [0.3, 0.4) is 0 Å². The first kappa shape index (κ1) is 19.5. The van der Waals surface area contributed by atoms with Gasteiger partial charge < -0.3 is 15.2 Å². The van der Waals surface area contributed by atoms with Crippen LogP contribution < -0.4 is 10.6 Å². The summed E-state index contributed by atoms with van der Waals surface area (Å²) in [5.41, 5.74) is 2.73. The third kappa shape index (κ3) is 6.43. The number of piperidine rings is 1. The van der Waals surface area contributed by atoms with Gasteiger partial charge in [0, 0.05) is 38.6 Å². The number of guanidine groups is 1. The summed E-state index contributed by atoms with van der Waals surface area (Å²) in [7, 11) is 0. The van der Waals surface area contributed by atoms with Crippen molar-refractivity contribution in [3.8, 4) is 0 Å². The standard InChI is InChI=1S/C22H33N5/c1-2-23-22(24-12-17-26-13-8-9-14-26)25-18-20-10-4-5-11-21(20)19-27-15-6-3-7-16-27/h4-5,8-11,13-14H,2-3,6-7,12,15-19H2,1H3,(H2,23,24,25). The van der Waals surface area contributed by atoms with E-state index in [4.69, 9.17) is 4.99 Å². The van der Waals surface area contributed by atoms with E-state index in [1.807, 2.05) is 0 Å². The van der Waals surface area contributed by atoms with Crippen molar-refractivity contribution in [2.24, 2.45) is 4.99 Å². The van der Waals surface area contributed by atoms with E-state index in [1.54, 1.807) is 0 Å². The second kappa shape index (κ2) is 10.8. The lowest BCUT2D eigenvalue weighted by Crippen LogP contribution is -2.38. The van der Waals surface area contributed by atoms with Gasteiger partial charge in [-0.05, 0) is 56.1 Å². The second-order valence-corrected chi connectivity index (χ2v) is 7.15.